The Labute approximate surface area is 188 Å². The summed E-state index contributed by atoms with van der Waals surface area (Å²) in [5, 5.41) is 1.29. The average molecular weight is 459 g/mol. The fraction of sp³-hybridized carbons (Fsp3) is 0.400. The maximum atomic E-state index is 11.4. The van der Waals surface area contributed by atoms with Gasteiger partial charge in [-0.1, -0.05) is 24.3 Å². The quantitative estimate of drug-likeness (QED) is 0.396. The van der Waals surface area contributed by atoms with Crippen molar-refractivity contribution in [2.75, 3.05) is 31.1 Å². The highest BCUT2D eigenvalue weighted by Gasteiger charge is 2.19. The van der Waals surface area contributed by atoms with E-state index in [1.807, 2.05) is 28.4 Å². The molecule has 6 nitrogen and oxygen atoms in total. The number of halogens is 2. The molecular formula is C20H28Cl2N4O2S. The van der Waals surface area contributed by atoms with E-state index in [0.29, 0.717) is 6.42 Å². The van der Waals surface area contributed by atoms with Gasteiger partial charge in [-0.05, 0) is 36.1 Å². The Bertz CT molecular complexity index is 790. The average Bonchev–Trinajstić information content (AvgIpc) is 3.16. The topological polar surface area (TPSA) is 78.7 Å². The van der Waals surface area contributed by atoms with Crippen LogP contribution in [0.15, 0.2) is 36.4 Å². The molecule has 1 saturated heterocycles. The molecule has 2 amide bonds. The number of benzene rings is 1. The fourth-order valence-corrected chi connectivity index (χ4v) is 4.30. The van der Waals surface area contributed by atoms with Crippen LogP contribution in [0.3, 0.4) is 0 Å². The van der Waals surface area contributed by atoms with Crippen LogP contribution in [0, 0.1) is 0 Å². The predicted molar refractivity (Wildman–Crippen MR) is 123 cm³/mol. The van der Waals surface area contributed by atoms with Crippen molar-refractivity contribution in [3.8, 4) is 0 Å². The highest BCUT2D eigenvalue weighted by atomic mass is 35.5. The number of hydrogen-bond donors (Lipinski definition) is 2. The van der Waals surface area contributed by atoms with Crippen LogP contribution in [0.1, 0.15) is 22.9 Å². The van der Waals surface area contributed by atoms with Gasteiger partial charge in [0.05, 0.1) is 11.4 Å². The Hall–Kier alpha value is -1.80. The Morgan fingerprint density at radius 3 is 2.17 bits per heavy atom. The van der Waals surface area contributed by atoms with Gasteiger partial charge in [0, 0.05) is 38.0 Å². The number of carbonyl (C=O) groups excluding carboxylic acids is 2. The molecule has 2 heterocycles. The van der Waals surface area contributed by atoms with E-state index in [0.717, 1.165) is 44.6 Å². The lowest BCUT2D eigenvalue weighted by Gasteiger charge is -2.34. The number of nitrogens with zero attached hydrogens (tertiary/aromatic N) is 2. The number of rotatable bonds is 6. The van der Waals surface area contributed by atoms with Gasteiger partial charge in [0.2, 0.25) is 11.8 Å². The second-order valence-corrected chi connectivity index (χ2v) is 7.94. The lowest BCUT2D eigenvalue weighted by atomic mass is 10.1. The summed E-state index contributed by atoms with van der Waals surface area (Å²) in [6.07, 6.45) is 2.28. The molecule has 0 bridgehead atoms. The van der Waals surface area contributed by atoms with E-state index >= 15 is 0 Å². The van der Waals surface area contributed by atoms with Crippen molar-refractivity contribution in [3.05, 3.63) is 52.4 Å². The number of nitrogens with two attached hydrogens (primary N) is 1. The van der Waals surface area contributed by atoms with Gasteiger partial charge in [0.1, 0.15) is 0 Å². The standard InChI is InChI=1S/C20H26N4O2S.2ClH/c1-15(25)23-10-12-24(13-11-23)20-9-8-18(27-20)7-6-16-2-4-17(5-3-16)14-19(26)22-21;;/h2-5,8-9H,6-7,10-14,21H2,1H3,(H,22,26);2*1H. The van der Waals surface area contributed by atoms with Crippen molar-refractivity contribution in [1.29, 1.82) is 0 Å². The maximum absolute atomic E-state index is 11.4. The molecule has 0 spiro atoms. The number of nitrogens with one attached hydrogen (secondary N) is 1. The highest BCUT2D eigenvalue weighted by Crippen LogP contribution is 2.28. The van der Waals surface area contributed by atoms with Gasteiger partial charge in [0.15, 0.2) is 0 Å². The summed E-state index contributed by atoms with van der Waals surface area (Å²) in [6.45, 7) is 5.04. The molecule has 160 valence electrons. The van der Waals surface area contributed by atoms with Gasteiger partial charge in [-0.25, -0.2) is 5.84 Å². The fourth-order valence-electron chi connectivity index (χ4n) is 3.24. The van der Waals surface area contributed by atoms with Gasteiger partial charge >= 0.3 is 0 Å². The minimum absolute atomic E-state index is 0. The van der Waals surface area contributed by atoms with Crippen LogP contribution in [0.4, 0.5) is 5.00 Å². The molecule has 1 aromatic heterocycles. The summed E-state index contributed by atoms with van der Waals surface area (Å²) >= 11 is 1.84. The van der Waals surface area contributed by atoms with E-state index in [1.165, 1.54) is 15.4 Å². The lowest BCUT2D eigenvalue weighted by molar-refractivity contribution is -0.129. The van der Waals surface area contributed by atoms with Crippen LogP contribution in [0.2, 0.25) is 0 Å². The van der Waals surface area contributed by atoms with E-state index in [9.17, 15) is 9.59 Å². The Morgan fingerprint density at radius 2 is 1.59 bits per heavy atom. The molecule has 1 aromatic carbocycles. The number of aryl methyl sites for hydroxylation is 2. The molecule has 3 N–H and O–H groups in total. The zero-order chi connectivity index (χ0) is 19.2. The van der Waals surface area contributed by atoms with E-state index in [-0.39, 0.29) is 36.6 Å². The van der Waals surface area contributed by atoms with Crippen molar-refractivity contribution in [3.63, 3.8) is 0 Å². The van der Waals surface area contributed by atoms with Gasteiger partial charge in [-0.2, -0.15) is 0 Å². The molecule has 0 aliphatic carbocycles. The normalized spacial score (nSPS) is 13.3. The first-order valence-corrected chi connectivity index (χ1v) is 10.0. The predicted octanol–water partition coefficient (Wildman–Crippen LogP) is 2.58. The van der Waals surface area contributed by atoms with E-state index in [4.69, 9.17) is 5.84 Å². The maximum Gasteiger partial charge on any atom is 0.238 e. The smallest absolute Gasteiger partial charge is 0.238 e. The first kappa shape index (κ1) is 25.2. The summed E-state index contributed by atoms with van der Waals surface area (Å²) in [7, 11) is 0. The molecule has 9 heteroatoms. The molecule has 29 heavy (non-hydrogen) atoms. The SMILES string of the molecule is CC(=O)N1CCN(c2ccc(CCc3ccc(CC(=O)NN)cc3)s2)CC1.Cl.Cl. The largest absolute Gasteiger partial charge is 0.360 e. The molecule has 1 aliphatic heterocycles. The zero-order valence-corrected chi connectivity index (χ0v) is 18.9. The third-order valence-electron chi connectivity index (χ3n) is 4.89. The highest BCUT2D eigenvalue weighted by molar-refractivity contribution is 7.16. The van der Waals surface area contributed by atoms with Gasteiger partial charge in [-0.3, -0.25) is 15.0 Å². The summed E-state index contributed by atoms with van der Waals surface area (Å²) in [4.78, 5) is 28.4. The minimum Gasteiger partial charge on any atom is -0.360 e. The van der Waals surface area contributed by atoms with Crippen molar-refractivity contribution < 1.29 is 9.59 Å². The first-order chi connectivity index (χ1) is 13.0. The van der Waals surface area contributed by atoms with Crippen LogP contribution in [-0.2, 0) is 28.9 Å². The van der Waals surface area contributed by atoms with Crippen LogP contribution < -0.4 is 16.2 Å². The zero-order valence-electron chi connectivity index (χ0n) is 16.4. The Kier molecular flexibility index (Phi) is 10.5. The number of piperazine rings is 1. The molecule has 0 unspecified atom stereocenters. The summed E-state index contributed by atoms with van der Waals surface area (Å²) in [6, 6.07) is 12.5. The number of carbonyl (C=O) groups is 2. The molecule has 0 saturated carbocycles. The van der Waals surface area contributed by atoms with Crippen LogP contribution in [-0.4, -0.2) is 42.9 Å². The second kappa shape index (κ2) is 12.0. The molecule has 0 atom stereocenters. The molecule has 2 aromatic rings. The number of thiophene rings is 1. The van der Waals surface area contributed by atoms with Crippen molar-refractivity contribution in [1.82, 2.24) is 10.3 Å². The number of anilines is 1. The molecule has 1 aliphatic rings. The first-order valence-electron chi connectivity index (χ1n) is 9.21. The molecular weight excluding hydrogens is 431 g/mol. The van der Waals surface area contributed by atoms with Crippen LogP contribution in [0.5, 0.6) is 0 Å². The number of amides is 2. The van der Waals surface area contributed by atoms with Gasteiger partial charge in [-0.15, -0.1) is 36.2 Å². The van der Waals surface area contributed by atoms with Crippen LogP contribution in [0.25, 0.3) is 0 Å². The van der Waals surface area contributed by atoms with Gasteiger partial charge < -0.3 is 9.80 Å². The van der Waals surface area contributed by atoms with E-state index in [2.05, 4.69) is 34.6 Å². The van der Waals surface area contributed by atoms with Gasteiger partial charge in [0.25, 0.3) is 0 Å². The third kappa shape index (κ3) is 7.19. The summed E-state index contributed by atoms with van der Waals surface area (Å²) in [5.41, 5.74) is 4.37. The van der Waals surface area contributed by atoms with Crippen molar-refractivity contribution >= 4 is 53.0 Å². The van der Waals surface area contributed by atoms with Crippen molar-refractivity contribution in [2.45, 2.75) is 26.2 Å². The summed E-state index contributed by atoms with van der Waals surface area (Å²) in [5.74, 6) is 5.10. The Balaban J connectivity index is 0.00000210. The molecule has 1 fully saturated rings. The monoisotopic (exact) mass is 458 g/mol. The number of hydrazine groups is 1. The van der Waals surface area contributed by atoms with Crippen LogP contribution >= 0.6 is 36.2 Å². The minimum atomic E-state index is -0.182. The van der Waals surface area contributed by atoms with Crippen molar-refractivity contribution in [2.24, 2.45) is 5.84 Å². The third-order valence-corrected chi connectivity index (χ3v) is 6.10. The van der Waals surface area contributed by atoms with E-state index in [1.54, 1.807) is 6.92 Å². The molecule has 3 rings (SSSR count). The Morgan fingerprint density at radius 1 is 0.966 bits per heavy atom. The summed E-state index contributed by atoms with van der Waals surface area (Å²) < 4.78 is 0. The second-order valence-electron chi connectivity index (χ2n) is 6.79. The number of hydrogen-bond acceptors (Lipinski definition) is 5. The van der Waals surface area contributed by atoms with E-state index < -0.39 is 0 Å². The molecule has 0 radical (unpaired) electrons. The lowest BCUT2D eigenvalue weighted by Crippen LogP contribution is -2.47.